The Bertz CT molecular complexity index is 482. The molecule has 1 aromatic carbocycles. The zero-order valence-electron chi connectivity index (χ0n) is 10.6. The molecule has 1 unspecified atom stereocenters. The van der Waals surface area contributed by atoms with Crippen molar-refractivity contribution in [1.29, 1.82) is 0 Å². The van der Waals surface area contributed by atoms with Crippen LogP contribution in [0.15, 0.2) is 34.7 Å². The first-order chi connectivity index (χ1) is 8.65. The van der Waals surface area contributed by atoms with Crippen LogP contribution in [0.25, 0.3) is 11.5 Å². The number of aliphatic hydroxyl groups is 1. The van der Waals surface area contributed by atoms with E-state index >= 15 is 0 Å². The highest BCUT2D eigenvalue weighted by Gasteiger charge is 2.11. The molecule has 96 valence electrons. The van der Waals surface area contributed by atoms with Gasteiger partial charge in [-0.3, -0.25) is 4.90 Å². The Balaban J connectivity index is 2.03. The van der Waals surface area contributed by atoms with Crippen molar-refractivity contribution in [3.05, 3.63) is 36.2 Å². The molecule has 1 aromatic heterocycles. The van der Waals surface area contributed by atoms with Crippen molar-refractivity contribution in [2.24, 2.45) is 0 Å². The minimum Gasteiger partial charge on any atom is -0.419 e. The molecule has 0 aliphatic heterocycles. The molecule has 0 aliphatic rings. The third-order valence-corrected chi connectivity index (χ3v) is 2.47. The largest absolute Gasteiger partial charge is 0.419 e. The highest BCUT2D eigenvalue weighted by atomic mass is 16.4. The van der Waals surface area contributed by atoms with Crippen LogP contribution >= 0.6 is 0 Å². The summed E-state index contributed by atoms with van der Waals surface area (Å²) in [6, 6.07) is 9.66. The maximum absolute atomic E-state index is 9.28. The number of nitrogens with zero attached hydrogens (tertiary/aromatic N) is 3. The lowest BCUT2D eigenvalue weighted by molar-refractivity contribution is 0.133. The highest BCUT2D eigenvalue weighted by molar-refractivity contribution is 5.51. The summed E-state index contributed by atoms with van der Waals surface area (Å²) in [7, 11) is 1.90. The first-order valence-electron chi connectivity index (χ1n) is 5.89. The molecule has 0 fully saturated rings. The average molecular weight is 247 g/mol. The minimum absolute atomic E-state index is 0.369. The normalized spacial score (nSPS) is 12.9. The highest BCUT2D eigenvalue weighted by Crippen LogP contribution is 2.17. The molecule has 0 aliphatic carbocycles. The molecule has 0 radical (unpaired) electrons. The van der Waals surface area contributed by atoms with E-state index in [1.165, 1.54) is 0 Å². The first-order valence-corrected chi connectivity index (χ1v) is 5.89. The monoisotopic (exact) mass is 247 g/mol. The van der Waals surface area contributed by atoms with E-state index in [0.29, 0.717) is 24.9 Å². The van der Waals surface area contributed by atoms with Crippen molar-refractivity contribution >= 4 is 0 Å². The molecule has 1 heterocycles. The van der Waals surface area contributed by atoms with Gasteiger partial charge in [0.05, 0.1) is 12.6 Å². The van der Waals surface area contributed by atoms with Gasteiger partial charge in [-0.2, -0.15) is 0 Å². The zero-order chi connectivity index (χ0) is 13.0. The van der Waals surface area contributed by atoms with E-state index in [1.807, 2.05) is 42.3 Å². The molecule has 2 aromatic rings. The summed E-state index contributed by atoms with van der Waals surface area (Å²) in [5.41, 5.74) is 0.912. The SMILES string of the molecule is CC(O)CN(C)Cc1nnc(-c2ccccc2)o1. The second kappa shape index (κ2) is 5.75. The maximum Gasteiger partial charge on any atom is 0.247 e. The fourth-order valence-electron chi connectivity index (χ4n) is 1.76. The van der Waals surface area contributed by atoms with Gasteiger partial charge in [0.2, 0.25) is 11.8 Å². The molecular weight excluding hydrogens is 230 g/mol. The summed E-state index contributed by atoms with van der Waals surface area (Å²) < 4.78 is 5.58. The number of hydrogen-bond acceptors (Lipinski definition) is 5. The number of benzene rings is 1. The van der Waals surface area contributed by atoms with Crippen LogP contribution in [0.3, 0.4) is 0 Å². The molecule has 1 N–H and O–H groups in total. The molecule has 0 bridgehead atoms. The van der Waals surface area contributed by atoms with E-state index < -0.39 is 0 Å². The summed E-state index contributed by atoms with van der Waals surface area (Å²) in [5.74, 6) is 1.08. The van der Waals surface area contributed by atoms with E-state index in [1.54, 1.807) is 6.92 Å². The molecule has 2 rings (SSSR count). The van der Waals surface area contributed by atoms with Gasteiger partial charge in [0.25, 0.3) is 0 Å². The third-order valence-electron chi connectivity index (χ3n) is 2.47. The standard InChI is InChI=1S/C13H17N3O2/c1-10(17)8-16(2)9-12-14-15-13(18-12)11-6-4-3-5-7-11/h3-7,10,17H,8-9H2,1-2H3. The molecule has 1 atom stereocenters. The smallest absolute Gasteiger partial charge is 0.247 e. The molecule has 0 saturated heterocycles. The topological polar surface area (TPSA) is 62.4 Å². The van der Waals surface area contributed by atoms with Crippen molar-refractivity contribution in [2.75, 3.05) is 13.6 Å². The van der Waals surface area contributed by atoms with Crippen molar-refractivity contribution in [3.63, 3.8) is 0 Å². The molecule has 5 heteroatoms. The van der Waals surface area contributed by atoms with Crippen LogP contribution in [0.2, 0.25) is 0 Å². The van der Waals surface area contributed by atoms with E-state index in [2.05, 4.69) is 10.2 Å². The predicted octanol–water partition coefficient (Wildman–Crippen LogP) is 1.55. The Kier molecular flexibility index (Phi) is 4.07. The Morgan fingerprint density at radius 2 is 2.00 bits per heavy atom. The molecule has 0 spiro atoms. The quantitative estimate of drug-likeness (QED) is 0.868. The Morgan fingerprint density at radius 1 is 1.28 bits per heavy atom. The summed E-state index contributed by atoms with van der Waals surface area (Å²) in [6.45, 7) is 2.85. The maximum atomic E-state index is 9.28. The van der Waals surface area contributed by atoms with Crippen LogP contribution in [0.4, 0.5) is 0 Å². The molecule has 0 amide bonds. The van der Waals surface area contributed by atoms with Gasteiger partial charge < -0.3 is 9.52 Å². The van der Waals surface area contributed by atoms with Crippen LogP contribution < -0.4 is 0 Å². The van der Waals surface area contributed by atoms with Crippen molar-refractivity contribution in [1.82, 2.24) is 15.1 Å². The van der Waals surface area contributed by atoms with Crippen LogP contribution in [0.1, 0.15) is 12.8 Å². The van der Waals surface area contributed by atoms with E-state index in [-0.39, 0.29) is 6.10 Å². The summed E-state index contributed by atoms with van der Waals surface area (Å²) in [5, 5.41) is 17.3. The number of rotatable bonds is 5. The van der Waals surface area contributed by atoms with Gasteiger partial charge in [-0.25, -0.2) is 0 Å². The summed E-state index contributed by atoms with van der Waals surface area (Å²) >= 11 is 0. The lowest BCUT2D eigenvalue weighted by atomic mass is 10.2. The van der Waals surface area contributed by atoms with E-state index in [0.717, 1.165) is 5.56 Å². The second-order valence-corrected chi connectivity index (χ2v) is 4.41. The van der Waals surface area contributed by atoms with Crippen LogP contribution in [-0.4, -0.2) is 39.9 Å². The van der Waals surface area contributed by atoms with Crippen molar-refractivity contribution < 1.29 is 9.52 Å². The van der Waals surface area contributed by atoms with Crippen molar-refractivity contribution in [3.8, 4) is 11.5 Å². The van der Waals surface area contributed by atoms with Gasteiger partial charge in [0.15, 0.2) is 0 Å². The van der Waals surface area contributed by atoms with Gasteiger partial charge in [-0.1, -0.05) is 18.2 Å². The number of hydrogen-bond donors (Lipinski definition) is 1. The Labute approximate surface area is 106 Å². The first kappa shape index (κ1) is 12.7. The van der Waals surface area contributed by atoms with E-state index in [4.69, 9.17) is 4.42 Å². The zero-order valence-corrected chi connectivity index (χ0v) is 10.6. The van der Waals surface area contributed by atoms with Gasteiger partial charge in [-0.05, 0) is 26.1 Å². The van der Waals surface area contributed by atoms with Gasteiger partial charge in [0, 0.05) is 12.1 Å². The van der Waals surface area contributed by atoms with E-state index in [9.17, 15) is 5.11 Å². The van der Waals surface area contributed by atoms with Gasteiger partial charge >= 0.3 is 0 Å². The Morgan fingerprint density at radius 3 is 2.67 bits per heavy atom. The predicted molar refractivity (Wildman–Crippen MR) is 67.7 cm³/mol. The lowest BCUT2D eigenvalue weighted by Gasteiger charge is -2.15. The van der Waals surface area contributed by atoms with Gasteiger partial charge in [0.1, 0.15) is 0 Å². The second-order valence-electron chi connectivity index (χ2n) is 4.41. The molecule has 0 saturated carbocycles. The number of aromatic nitrogens is 2. The van der Waals surface area contributed by atoms with Crippen LogP contribution in [-0.2, 0) is 6.54 Å². The summed E-state index contributed by atoms with van der Waals surface area (Å²) in [6.07, 6.45) is -0.369. The third kappa shape index (κ3) is 3.38. The van der Waals surface area contributed by atoms with Crippen LogP contribution in [0.5, 0.6) is 0 Å². The Hall–Kier alpha value is -1.72. The van der Waals surface area contributed by atoms with Gasteiger partial charge in [-0.15, -0.1) is 10.2 Å². The lowest BCUT2D eigenvalue weighted by Crippen LogP contribution is -2.26. The number of aliphatic hydroxyl groups excluding tert-OH is 1. The molecular formula is C13H17N3O2. The average Bonchev–Trinajstić information content (AvgIpc) is 2.77. The molecule has 18 heavy (non-hydrogen) atoms. The number of likely N-dealkylation sites (N-methyl/N-ethyl adjacent to an activating group) is 1. The molecule has 5 nitrogen and oxygen atoms in total. The minimum atomic E-state index is -0.369. The fraction of sp³-hybridized carbons (Fsp3) is 0.385. The van der Waals surface area contributed by atoms with Crippen LogP contribution in [0, 0.1) is 0 Å². The van der Waals surface area contributed by atoms with Crippen molar-refractivity contribution in [2.45, 2.75) is 19.6 Å². The summed E-state index contributed by atoms with van der Waals surface area (Å²) in [4.78, 5) is 1.94. The fourth-order valence-corrected chi connectivity index (χ4v) is 1.76.